The number of carbonyl (C=O) groups is 5. The highest BCUT2D eigenvalue weighted by Gasteiger charge is 2.55. The molecule has 2 aromatic carbocycles. The molecule has 0 aliphatic carbocycles. The molecule has 0 saturated carbocycles. The highest BCUT2D eigenvalue weighted by atomic mass is 35.5. The number of anilines is 1. The molecule has 1 saturated heterocycles. The third-order valence-electron chi connectivity index (χ3n) is 8.01. The van der Waals surface area contributed by atoms with Gasteiger partial charge >= 0.3 is 18.0 Å². The van der Waals surface area contributed by atoms with Crippen molar-refractivity contribution >= 4 is 87.0 Å². The molecule has 0 radical (unpaired) electrons. The summed E-state index contributed by atoms with van der Waals surface area (Å²) >= 11 is 15.0. The normalized spacial score (nSPS) is 17.4. The van der Waals surface area contributed by atoms with Crippen LogP contribution in [0.3, 0.4) is 0 Å². The number of thioether (sulfide) groups is 1. The van der Waals surface area contributed by atoms with E-state index in [4.69, 9.17) is 42.3 Å². The second-order valence-corrected chi connectivity index (χ2v) is 18.3. The lowest BCUT2D eigenvalue weighted by Crippen LogP contribution is -2.71. The van der Waals surface area contributed by atoms with Gasteiger partial charge in [-0.25, -0.2) is 19.4 Å². The van der Waals surface area contributed by atoms with Gasteiger partial charge in [0, 0.05) is 11.6 Å². The molecule has 0 spiro atoms. The van der Waals surface area contributed by atoms with Gasteiger partial charge in [-0.1, -0.05) is 88.8 Å². The number of ether oxygens (including phenoxy) is 3. The first-order valence-corrected chi connectivity index (χ1v) is 20.5. The fourth-order valence-electron chi connectivity index (χ4n) is 5.41. The second-order valence-electron chi connectivity index (χ2n) is 15.4. The fraction of sp³-hybridized carbons (Fsp3) is 0.410. The Morgan fingerprint density at radius 1 is 0.930 bits per heavy atom. The number of hydrogen-bond donors (Lipinski definition) is 2. The van der Waals surface area contributed by atoms with E-state index in [-0.39, 0.29) is 32.5 Å². The molecule has 1 aromatic heterocycles. The van der Waals surface area contributed by atoms with E-state index < -0.39 is 69.9 Å². The second kappa shape index (κ2) is 17.5. The van der Waals surface area contributed by atoms with Crippen LogP contribution >= 0.6 is 46.3 Å². The van der Waals surface area contributed by atoms with E-state index in [1.807, 2.05) is 60.7 Å². The van der Waals surface area contributed by atoms with E-state index in [0.29, 0.717) is 5.57 Å². The summed E-state index contributed by atoms with van der Waals surface area (Å²) in [7, 11) is 0. The molecule has 14 nitrogen and oxygen atoms in total. The number of thiazole rings is 1. The van der Waals surface area contributed by atoms with Crippen molar-refractivity contribution in [2.75, 3.05) is 16.9 Å². The number of rotatable bonds is 12. The van der Waals surface area contributed by atoms with Crippen LogP contribution in [0.5, 0.6) is 0 Å². The van der Waals surface area contributed by atoms with Crippen LogP contribution in [0, 0.1) is 0 Å². The summed E-state index contributed by atoms with van der Waals surface area (Å²) in [5, 5.41) is 8.39. The van der Waals surface area contributed by atoms with Gasteiger partial charge in [-0.2, -0.15) is 0 Å². The number of aromatic nitrogens is 1. The number of alkyl halides is 1. The molecule has 2 aliphatic rings. The minimum Gasteiger partial charge on any atom is -0.457 e. The van der Waals surface area contributed by atoms with Crippen LogP contribution in [0.25, 0.3) is 0 Å². The van der Waals surface area contributed by atoms with Crippen LogP contribution in [0.2, 0.25) is 4.34 Å². The number of halogens is 2. The van der Waals surface area contributed by atoms with Crippen molar-refractivity contribution in [2.45, 2.75) is 89.7 Å². The molecular weight excluding hydrogens is 817 g/mol. The maximum atomic E-state index is 14.1. The van der Waals surface area contributed by atoms with Crippen molar-refractivity contribution < 1.29 is 43.0 Å². The summed E-state index contributed by atoms with van der Waals surface area (Å²) in [5.41, 5.74) is -2.17. The quantitative estimate of drug-likeness (QED) is 0.0470. The lowest BCUT2D eigenvalue weighted by molar-refractivity contribution is -0.179. The first kappa shape index (κ1) is 43.5. The molecule has 0 bridgehead atoms. The molecule has 304 valence electrons. The van der Waals surface area contributed by atoms with Crippen molar-refractivity contribution in [3.63, 3.8) is 0 Å². The summed E-state index contributed by atoms with van der Waals surface area (Å²) in [6.07, 6.45) is -1.61. The van der Waals surface area contributed by atoms with Gasteiger partial charge < -0.3 is 24.4 Å². The average Bonchev–Trinajstić information content (AvgIpc) is 3.49. The number of nitrogens with one attached hydrogen (secondary N) is 2. The van der Waals surface area contributed by atoms with Crippen LogP contribution in [0.1, 0.15) is 78.3 Å². The zero-order chi connectivity index (χ0) is 41.9. The minimum atomic E-state index is -1.70. The lowest BCUT2D eigenvalue weighted by Gasteiger charge is -2.49. The Morgan fingerprint density at radius 2 is 1.51 bits per heavy atom. The van der Waals surface area contributed by atoms with E-state index >= 15 is 0 Å². The SMILES string of the molecule is CC(C)(C)OC(=O)Nc1nc(C(=NOC(C)(C)C(=O)OC(C)(C)C)C(=O)N[C@@H]2C(=O)N3C(C(=O)OC(c4ccccc4)c4ccccc4)=C(CCl)CS[C@H]23)c(Cl)s1. The van der Waals surface area contributed by atoms with Gasteiger partial charge in [-0.15, -0.1) is 23.4 Å². The summed E-state index contributed by atoms with van der Waals surface area (Å²) in [6, 6.07) is 17.2. The Morgan fingerprint density at radius 3 is 2.05 bits per heavy atom. The van der Waals surface area contributed by atoms with E-state index in [1.165, 1.54) is 30.5 Å². The lowest BCUT2D eigenvalue weighted by atomic mass is 10.0. The number of oxime groups is 1. The van der Waals surface area contributed by atoms with Gasteiger partial charge in [0.1, 0.15) is 38.3 Å². The van der Waals surface area contributed by atoms with Crippen molar-refractivity contribution in [2.24, 2.45) is 5.16 Å². The Labute approximate surface area is 348 Å². The van der Waals surface area contributed by atoms with Gasteiger partial charge in [0.25, 0.3) is 11.8 Å². The third-order valence-corrected chi connectivity index (χ3v) is 10.8. The Hall–Kier alpha value is -4.64. The standard InChI is InChI=1S/C39H43Cl2N5O9S2/c1-37(2,3)53-34(50)39(7,8)55-45-25(24-29(41)57-35(43-24)44-36(51)54-38(4,5)6)30(47)42-26-31(48)46-27(23(19-40)20-56-32(26)46)33(49)52-28(21-15-11-9-12-16-21)22-17-13-10-14-18-22/h9-18,26,28,32H,19-20H2,1-8H3,(H,42,47)(H,43,44,51)/t26-,32-/m1/s1. The van der Waals surface area contributed by atoms with Gasteiger partial charge in [-0.05, 0) is 72.1 Å². The number of fused-ring (bicyclic) bond motifs is 1. The predicted octanol–water partition coefficient (Wildman–Crippen LogP) is 7.21. The molecule has 18 heteroatoms. The van der Waals surface area contributed by atoms with Crippen molar-refractivity contribution in [1.29, 1.82) is 0 Å². The summed E-state index contributed by atoms with van der Waals surface area (Å²) in [4.78, 5) is 78.7. The number of nitrogens with zero attached hydrogens (tertiary/aromatic N) is 3. The molecule has 1 fully saturated rings. The Bertz CT molecular complexity index is 2040. The van der Waals surface area contributed by atoms with Crippen molar-refractivity contribution in [1.82, 2.24) is 15.2 Å². The number of amides is 3. The average molecular weight is 861 g/mol. The largest absolute Gasteiger partial charge is 0.457 e. The van der Waals surface area contributed by atoms with Crippen LogP contribution in [-0.2, 0) is 38.2 Å². The molecule has 2 aliphatic heterocycles. The van der Waals surface area contributed by atoms with Crippen LogP contribution in [0.15, 0.2) is 77.1 Å². The molecule has 3 aromatic rings. The first-order valence-electron chi connectivity index (χ1n) is 17.7. The predicted molar refractivity (Wildman–Crippen MR) is 218 cm³/mol. The highest BCUT2D eigenvalue weighted by molar-refractivity contribution is 8.00. The number of carbonyl (C=O) groups excluding carboxylic acids is 5. The number of hydrogen-bond acceptors (Lipinski definition) is 13. The van der Waals surface area contributed by atoms with Gasteiger partial charge in [0.15, 0.2) is 16.9 Å². The van der Waals surface area contributed by atoms with E-state index in [9.17, 15) is 24.0 Å². The first-order chi connectivity index (χ1) is 26.7. The molecule has 3 heterocycles. The van der Waals surface area contributed by atoms with E-state index in [0.717, 1.165) is 22.5 Å². The van der Waals surface area contributed by atoms with Crippen LogP contribution < -0.4 is 10.6 Å². The number of β-lactam (4-membered cyclic amide) rings is 1. The van der Waals surface area contributed by atoms with Crippen molar-refractivity contribution in [3.8, 4) is 0 Å². The van der Waals surface area contributed by atoms with E-state index in [1.54, 1.807) is 41.5 Å². The summed E-state index contributed by atoms with van der Waals surface area (Å²) in [6.45, 7) is 12.9. The molecule has 2 N–H and O–H groups in total. The Kier molecular flexibility index (Phi) is 13.3. The smallest absolute Gasteiger partial charge is 0.413 e. The Balaban J connectivity index is 1.41. The molecule has 5 rings (SSSR count). The maximum absolute atomic E-state index is 14.1. The topological polar surface area (TPSA) is 175 Å². The molecule has 57 heavy (non-hydrogen) atoms. The monoisotopic (exact) mass is 859 g/mol. The summed E-state index contributed by atoms with van der Waals surface area (Å²) < 4.78 is 16.8. The third kappa shape index (κ3) is 10.7. The number of esters is 2. The number of benzene rings is 2. The van der Waals surface area contributed by atoms with Gasteiger partial charge in [0.05, 0.1) is 0 Å². The zero-order valence-corrected chi connectivity index (χ0v) is 35.7. The van der Waals surface area contributed by atoms with Gasteiger partial charge in [0.2, 0.25) is 5.60 Å². The molecular formula is C39H43Cl2N5O9S2. The van der Waals surface area contributed by atoms with Crippen LogP contribution in [0.4, 0.5) is 9.93 Å². The fourth-order valence-corrected chi connectivity index (χ4v) is 8.12. The molecule has 2 atom stereocenters. The van der Waals surface area contributed by atoms with E-state index in [2.05, 4.69) is 20.8 Å². The molecule has 3 amide bonds. The van der Waals surface area contributed by atoms with Crippen LogP contribution in [-0.4, -0.2) is 85.3 Å². The minimum absolute atomic E-state index is 0.00199. The zero-order valence-electron chi connectivity index (χ0n) is 32.5. The maximum Gasteiger partial charge on any atom is 0.413 e. The van der Waals surface area contributed by atoms with Gasteiger partial charge in [-0.3, -0.25) is 19.8 Å². The highest BCUT2D eigenvalue weighted by Crippen LogP contribution is 2.42. The molecule has 0 unspecified atom stereocenters. The van der Waals surface area contributed by atoms with Crippen molar-refractivity contribution in [3.05, 3.63) is 93.1 Å². The summed E-state index contributed by atoms with van der Waals surface area (Å²) in [5.74, 6) is -2.88.